The molecule has 0 fully saturated rings. The molecule has 0 spiro atoms. The first-order valence-electron chi connectivity index (χ1n) is 5.90. The molecule has 0 unspecified atom stereocenters. The zero-order chi connectivity index (χ0) is 17.4. The van der Waals surface area contributed by atoms with Crippen LogP contribution in [-0.4, -0.2) is 23.1 Å². The fraction of sp³-hybridized carbons (Fsp3) is 0.0769. The van der Waals surface area contributed by atoms with Crippen molar-refractivity contribution in [2.45, 2.75) is 9.79 Å². The Morgan fingerprint density at radius 1 is 1.09 bits per heavy atom. The van der Waals surface area contributed by atoms with Crippen molar-refractivity contribution in [3.05, 3.63) is 51.7 Å². The van der Waals surface area contributed by atoms with Crippen LogP contribution in [0.4, 0.5) is 4.39 Å². The Labute approximate surface area is 146 Å². The van der Waals surface area contributed by atoms with Crippen molar-refractivity contribution in [3.63, 3.8) is 0 Å². The summed E-state index contributed by atoms with van der Waals surface area (Å²) in [4.78, 5) is -0.575. The Bertz CT molecular complexity index is 974. The van der Waals surface area contributed by atoms with Crippen LogP contribution in [0.25, 0.3) is 0 Å². The maximum atomic E-state index is 13.0. The van der Waals surface area contributed by atoms with Gasteiger partial charge in [-0.2, -0.15) is 8.42 Å². The van der Waals surface area contributed by atoms with E-state index in [4.69, 9.17) is 15.8 Å². The van der Waals surface area contributed by atoms with E-state index in [-0.39, 0.29) is 25.0 Å². The minimum Gasteiger partial charge on any atom is -0.377 e. The number of rotatable bonds is 4. The summed E-state index contributed by atoms with van der Waals surface area (Å²) in [5.41, 5.74) is 0. The fourth-order valence-electron chi connectivity index (χ4n) is 1.61. The highest BCUT2D eigenvalue weighted by Crippen LogP contribution is 2.31. The van der Waals surface area contributed by atoms with Crippen molar-refractivity contribution in [1.82, 2.24) is 0 Å². The van der Waals surface area contributed by atoms with Gasteiger partial charge in [-0.15, -0.1) is 0 Å². The van der Waals surface area contributed by atoms with Crippen LogP contribution in [0.5, 0.6) is 5.75 Å². The van der Waals surface area contributed by atoms with Gasteiger partial charge in [-0.3, -0.25) is 0 Å². The van der Waals surface area contributed by atoms with Crippen LogP contribution >= 0.6 is 27.5 Å². The molecule has 2 rings (SSSR count). The third-order valence-corrected chi connectivity index (χ3v) is 6.33. The molecular formula is C13H9BrClFO5S2. The zero-order valence-corrected chi connectivity index (χ0v) is 15.4. The molecule has 0 aliphatic rings. The summed E-state index contributed by atoms with van der Waals surface area (Å²) in [6, 6.07) is 6.44. The molecule has 124 valence electrons. The van der Waals surface area contributed by atoms with Crippen molar-refractivity contribution in [1.29, 1.82) is 0 Å². The largest absolute Gasteiger partial charge is 0.377 e. The first-order valence-corrected chi connectivity index (χ1v) is 10.4. The fourth-order valence-corrected chi connectivity index (χ4v) is 4.48. The van der Waals surface area contributed by atoms with Gasteiger partial charge in [-0.05, 0) is 52.3 Å². The zero-order valence-electron chi connectivity index (χ0n) is 11.5. The van der Waals surface area contributed by atoms with Crippen LogP contribution < -0.4 is 4.18 Å². The van der Waals surface area contributed by atoms with Gasteiger partial charge in [0.25, 0.3) is 0 Å². The molecule has 2 aromatic carbocycles. The summed E-state index contributed by atoms with van der Waals surface area (Å²) in [5.74, 6) is -0.926. The molecule has 0 saturated carbocycles. The van der Waals surface area contributed by atoms with Crippen molar-refractivity contribution in [3.8, 4) is 5.75 Å². The molecule has 0 amide bonds. The third-order valence-electron chi connectivity index (χ3n) is 2.69. The highest BCUT2D eigenvalue weighted by molar-refractivity contribution is 9.10. The van der Waals surface area contributed by atoms with Gasteiger partial charge in [0.15, 0.2) is 15.6 Å². The summed E-state index contributed by atoms with van der Waals surface area (Å²) in [6.45, 7) is 0. The molecule has 2 aromatic rings. The molecule has 23 heavy (non-hydrogen) atoms. The van der Waals surface area contributed by atoms with Gasteiger partial charge in [-0.25, -0.2) is 12.8 Å². The van der Waals surface area contributed by atoms with Crippen molar-refractivity contribution in [2.24, 2.45) is 0 Å². The molecule has 0 aliphatic heterocycles. The van der Waals surface area contributed by atoms with E-state index in [1.165, 1.54) is 12.1 Å². The summed E-state index contributed by atoms with van der Waals surface area (Å²) in [7, 11) is -7.99. The molecule has 10 heteroatoms. The summed E-state index contributed by atoms with van der Waals surface area (Å²) < 4.78 is 65.8. The van der Waals surface area contributed by atoms with E-state index in [2.05, 4.69) is 15.9 Å². The molecule has 0 N–H and O–H groups in total. The first-order chi connectivity index (χ1) is 10.5. The van der Waals surface area contributed by atoms with Crippen molar-refractivity contribution < 1.29 is 25.4 Å². The van der Waals surface area contributed by atoms with Gasteiger partial charge in [0.2, 0.25) is 0 Å². The van der Waals surface area contributed by atoms with Crippen molar-refractivity contribution in [2.75, 3.05) is 6.26 Å². The van der Waals surface area contributed by atoms with Crippen LogP contribution in [0.1, 0.15) is 0 Å². The minimum absolute atomic E-state index is 0.114. The monoisotopic (exact) mass is 442 g/mol. The van der Waals surface area contributed by atoms with Gasteiger partial charge in [0.1, 0.15) is 10.7 Å². The Morgan fingerprint density at radius 3 is 2.30 bits per heavy atom. The second-order valence-corrected chi connectivity index (χ2v) is 9.27. The number of halogens is 3. The molecule has 0 bridgehead atoms. The Balaban J connectivity index is 2.51. The van der Waals surface area contributed by atoms with E-state index in [9.17, 15) is 21.2 Å². The summed E-state index contributed by atoms with van der Waals surface area (Å²) in [6.07, 6.45) is 0.949. The van der Waals surface area contributed by atoms with E-state index in [1.54, 1.807) is 0 Å². The summed E-state index contributed by atoms with van der Waals surface area (Å²) >= 11 is 8.76. The van der Waals surface area contributed by atoms with E-state index in [0.717, 1.165) is 30.5 Å². The Morgan fingerprint density at radius 2 is 1.74 bits per heavy atom. The van der Waals surface area contributed by atoms with Crippen molar-refractivity contribution >= 4 is 47.5 Å². The number of benzene rings is 2. The second-order valence-electron chi connectivity index (χ2n) is 4.48. The molecule has 0 radical (unpaired) electrons. The van der Waals surface area contributed by atoms with Gasteiger partial charge in [0, 0.05) is 10.7 Å². The molecular weight excluding hydrogens is 435 g/mol. The quantitative estimate of drug-likeness (QED) is 0.677. The maximum absolute atomic E-state index is 13.0. The van der Waals surface area contributed by atoms with E-state index in [1.807, 2.05) is 0 Å². The van der Waals surface area contributed by atoms with Crippen LogP contribution in [0.3, 0.4) is 0 Å². The highest BCUT2D eigenvalue weighted by atomic mass is 79.9. The first kappa shape index (κ1) is 18.2. The topological polar surface area (TPSA) is 77.5 Å². The Hall–Kier alpha value is -1.16. The lowest BCUT2D eigenvalue weighted by molar-refractivity contribution is 0.484. The average molecular weight is 444 g/mol. The highest BCUT2D eigenvalue weighted by Gasteiger charge is 2.24. The normalized spacial score (nSPS) is 12.2. The third kappa shape index (κ3) is 4.23. The molecule has 0 atom stereocenters. The van der Waals surface area contributed by atoms with Gasteiger partial charge in [-0.1, -0.05) is 11.6 Å². The summed E-state index contributed by atoms with van der Waals surface area (Å²) in [5, 5.41) is -0.232. The number of hydrogen-bond acceptors (Lipinski definition) is 5. The van der Waals surface area contributed by atoms with E-state index >= 15 is 0 Å². The van der Waals surface area contributed by atoms with Gasteiger partial charge < -0.3 is 4.18 Å². The SMILES string of the molecule is CS(=O)(=O)c1ccc(Br)c(S(=O)(=O)Oc2ccc(F)cc2Cl)c1. The van der Waals surface area contributed by atoms with E-state index in [0.29, 0.717) is 0 Å². The van der Waals surface area contributed by atoms with Gasteiger partial charge >= 0.3 is 10.1 Å². The smallest absolute Gasteiger partial charge is 0.340 e. The molecule has 5 nitrogen and oxygen atoms in total. The lowest BCUT2D eigenvalue weighted by atomic mass is 10.3. The molecule has 0 aliphatic carbocycles. The molecule has 0 heterocycles. The van der Waals surface area contributed by atoms with Crippen LogP contribution in [0, 0.1) is 5.82 Å². The average Bonchev–Trinajstić information content (AvgIpc) is 2.41. The Kier molecular flexibility index (Phi) is 5.05. The predicted octanol–water partition coefficient (Wildman–Crippen LogP) is 3.41. The van der Waals surface area contributed by atoms with E-state index < -0.39 is 25.8 Å². The standard InChI is InChI=1S/C13H9BrClFO5S2/c1-22(17,18)9-3-4-10(14)13(7-9)23(19,20)21-12-5-2-8(16)6-11(12)15/h2-7H,1H3. The predicted molar refractivity (Wildman–Crippen MR) is 86.5 cm³/mol. The van der Waals surface area contributed by atoms with Crippen LogP contribution in [-0.2, 0) is 20.0 Å². The second kappa shape index (κ2) is 6.39. The molecule has 0 aromatic heterocycles. The number of sulfone groups is 1. The lowest BCUT2D eigenvalue weighted by Crippen LogP contribution is -2.12. The minimum atomic E-state index is -4.38. The van der Waals surface area contributed by atoms with Crippen LogP contribution in [0.15, 0.2) is 50.7 Å². The van der Waals surface area contributed by atoms with Gasteiger partial charge in [0.05, 0.1) is 9.92 Å². The maximum Gasteiger partial charge on any atom is 0.340 e. The lowest BCUT2D eigenvalue weighted by Gasteiger charge is -2.11. The number of hydrogen-bond donors (Lipinski definition) is 0. The van der Waals surface area contributed by atoms with Crippen LogP contribution in [0.2, 0.25) is 5.02 Å². The molecule has 0 saturated heterocycles.